The van der Waals surface area contributed by atoms with Gasteiger partial charge in [-0.2, -0.15) is 5.10 Å². The molecule has 0 amide bonds. The van der Waals surface area contributed by atoms with Gasteiger partial charge in [-0.25, -0.2) is 4.79 Å². The van der Waals surface area contributed by atoms with Crippen LogP contribution in [0.3, 0.4) is 0 Å². The number of methoxy groups -OCH3 is 1. The first kappa shape index (κ1) is 17.5. The fourth-order valence-corrected chi connectivity index (χ4v) is 0.956. The largest absolute Gasteiger partial charge is 0.480 e. The van der Waals surface area contributed by atoms with Gasteiger partial charge in [0.05, 0.1) is 12.0 Å². The molecule has 1 aromatic rings. The molecule has 0 aliphatic carbocycles. The summed E-state index contributed by atoms with van der Waals surface area (Å²) in [5.74, 6) is -1.72. The van der Waals surface area contributed by atoms with Gasteiger partial charge in [-0.3, -0.25) is 20.0 Å². The molecule has 10 heteroatoms. The van der Waals surface area contributed by atoms with E-state index in [-0.39, 0.29) is 17.3 Å². The van der Waals surface area contributed by atoms with Crippen LogP contribution in [0.5, 0.6) is 0 Å². The Balaban J connectivity index is 0.000000396. The van der Waals surface area contributed by atoms with Gasteiger partial charge >= 0.3 is 17.6 Å². The number of rotatable bonds is 4. The number of aliphatic carboxylic acids is 1. The van der Waals surface area contributed by atoms with Crippen molar-refractivity contribution in [3.63, 3.8) is 0 Å². The molecule has 112 valence electrons. The van der Waals surface area contributed by atoms with Crippen LogP contribution in [0.1, 0.15) is 24.3 Å². The summed E-state index contributed by atoms with van der Waals surface area (Å²) in [6, 6.07) is -0.713. The maximum absolute atomic E-state index is 10.8. The first-order valence-corrected chi connectivity index (χ1v) is 5.46. The van der Waals surface area contributed by atoms with Crippen LogP contribution in [0.25, 0.3) is 0 Å². The van der Waals surface area contributed by atoms with Crippen LogP contribution in [0.4, 0.5) is 5.69 Å². The number of aromatic amines is 1. The quantitative estimate of drug-likeness (QED) is 0.401. The molecule has 0 aliphatic heterocycles. The highest BCUT2D eigenvalue weighted by Crippen LogP contribution is 2.14. The van der Waals surface area contributed by atoms with Gasteiger partial charge in [0.2, 0.25) is 5.69 Å². The smallest absolute Gasteiger partial charge is 0.363 e. The van der Waals surface area contributed by atoms with Crippen LogP contribution >= 0.6 is 0 Å². The molecular formula is C10H16N4O6. The standard InChI is InChI=1S/C5H5N3O4.C5H11NO2/c1-12-5(9)4-3(8(10)11)2-6-7-4;1-3(2)4(6)5(7)8/h2H,1H3,(H,6,7);3-4H,6H2,1-2H3,(H,7,8)/t;4-/m.0/s1. The van der Waals surface area contributed by atoms with Crippen LogP contribution in [0, 0.1) is 16.0 Å². The van der Waals surface area contributed by atoms with Crippen molar-refractivity contribution >= 4 is 17.6 Å². The van der Waals surface area contributed by atoms with Gasteiger partial charge in [-0.15, -0.1) is 0 Å². The zero-order valence-corrected chi connectivity index (χ0v) is 11.2. The van der Waals surface area contributed by atoms with Crippen molar-refractivity contribution in [3.05, 3.63) is 22.0 Å². The van der Waals surface area contributed by atoms with E-state index < -0.39 is 22.9 Å². The molecule has 0 saturated carbocycles. The van der Waals surface area contributed by atoms with Crippen molar-refractivity contribution in [3.8, 4) is 0 Å². The van der Waals surface area contributed by atoms with E-state index in [1.807, 2.05) is 0 Å². The molecule has 0 aliphatic rings. The van der Waals surface area contributed by atoms with Crippen molar-refractivity contribution in [2.24, 2.45) is 11.7 Å². The van der Waals surface area contributed by atoms with E-state index in [1.54, 1.807) is 13.8 Å². The number of esters is 1. The number of ether oxygens (including phenoxy) is 1. The van der Waals surface area contributed by atoms with Gasteiger partial charge in [0.1, 0.15) is 12.2 Å². The Kier molecular flexibility index (Phi) is 6.86. The minimum absolute atomic E-state index is 0.0208. The summed E-state index contributed by atoms with van der Waals surface area (Å²) in [6.07, 6.45) is 0.951. The van der Waals surface area contributed by atoms with Crippen molar-refractivity contribution in [2.75, 3.05) is 7.11 Å². The lowest BCUT2D eigenvalue weighted by molar-refractivity contribution is -0.385. The highest BCUT2D eigenvalue weighted by Gasteiger charge is 2.22. The van der Waals surface area contributed by atoms with Gasteiger partial charge < -0.3 is 15.6 Å². The lowest BCUT2D eigenvalue weighted by atomic mass is 10.1. The van der Waals surface area contributed by atoms with Crippen LogP contribution in [-0.4, -0.2) is 45.3 Å². The maximum Gasteiger partial charge on any atom is 0.363 e. The van der Waals surface area contributed by atoms with E-state index in [1.165, 1.54) is 0 Å². The van der Waals surface area contributed by atoms with Gasteiger partial charge in [0.15, 0.2) is 0 Å². The Labute approximate surface area is 114 Å². The molecule has 0 spiro atoms. The first-order chi connectivity index (χ1) is 9.22. The molecule has 1 rings (SSSR count). The molecule has 0 saturated heterocycles. The minimum atomic E-state index is -0.931. The highest BCUT2D eigenvalue weighted by atomic mass is 16.6. The molecule has 1 atom stereocenters. The number of carboxylic acids is 1. The first-order valence-electron chi connectivity index (χ1n) is 5.46. The number of carbonyl (C=O) groups excluding carboxylic acids is 1. The Morgan fingerprint density at radius 3 is 2.40 bits per heavy atom. The maximum atomic E-state index is 10.8. The van der Waals surface area contributed by atoms with E-state index in [9.17, 15) is 19.7 Å². The van der Waals surface area contributed by atoms with Gasteiger partial charge in [-0.1, -0.05) is 13.8 Å². The van der Waals surface area contributed by atoms with Gasteiger partial charge in [0.25, 0.3) is 0 Å². The molecule has 0 radical (unpaired) electrons. The molecule has 20 heavy (non-hydrogen) atoms. The third-order valence-electron chi connectivity index (χ3n) is 2.21. The zero-order valence-electron chi connectivity index (χ0n) is 11.2. The van der Waals surface area contributed by atoms with Crippen LogP contribution in [-0.2, 0) is 9.53 Å². The number of nitrogens with two attached hydrogens (primary N) is 1. The fraction of sp³-hybridized carbons (Fsp3) is 0.500. The lowest BCUT2D eigenvalue weighted by Gasteiger charge is -2.07. The van der Waals surface area contributed by atoms with E-state index in [0.29, 0.717) is 0 Å². The number of nitrogens with one attached hydrogen (secondary N) is 1. The number of carbonyl (C=O) groups is 2. The topological polar surface area (TPSA) is 161 Å². The number of carboxylic acid groups (broad SMARTS) is 1. The molecular weight excluding hydrogens is 272 g/mol. The van der Waals surface area contributed by atoms with Crippen molar-refractivity contribution in [2.45, 2.75) is 19.9 Å². The van der Waals surface area contributed by atoms with E-state index in [2.05, 4.69) is 14.9 Å². The summed E-state index contributed by atoms with van der Waals surface area (Å²) >= 11 is 0. The number of nitrogens with zero attached hydrogens (tertiary/aromatic N) is 2. The normalized spacial score (nSPS) is 11.2. The number of H-pyrrole nitrogens is 1. The summed E-state index contributed by atoms with van der Waals surface area (Å²) in [5, 5.41) is 24.0. The molecule has 0 unspecified atom stereocenters. The molecule has 0 bridgehead atoms. The molecule has 1 aromatic heterocycles. The zero-order chi connectivity index (χ0) is 15.9. The summed E-state index contributed by atoms with van der Waals surface area (Å²) in [6.45, 7) is 3.55. The second-order valence-corrected chi connectivity index (χ2v) is 3.99. The molecule has 4 N–H and O–H groups in total. The Morgan fingerprint density at radius 1 is 1.55 bits per heavy atom. The fourth-order valence-electron chi connectivity index (χ4n) is 0.956. The average Bonchev–Trinajstić information content (AvgIpc) is 2.86. The predicted molar refractivity (Wildman–Crippen MR) is 67.0 cm³/mol. The summed E-state index contributed by atoms with van der Waals surface area (Å²) < 4.78 is 4.27. The van der Waals surface area contributed by atoms with Gasteiger partial charge in [0, 0.05) is 0 Å². The molecule has 1 heterocycles. The highest BCUT2D eigenvalue weighted by molar-refractivity contribution is 5.91. The summed E-state index contributed by atoms with van der Waals surface area (Å²) in [7, 11) is 1.13. The van der Waals surface area contributed by atoms with Crippen molar-refractivity contribution in [1.29, 1.82) is 0 Å². The summed E-state index contributed by atoms with van der Waals surface area (Å²) in [5.41, 5.74) is 4.52. The Bertz CT molecular complexity index is 484. The predicted octanol–water partition coefficient (Wildman–Crippen LogP) is 0.159. The van der Waals surface area contributed by atoms with E-state index in [4.69, 9.17) is 10.8 Å². The number of hydrogen-bond donors (Lipinski definition) is 3. The van der Waals surface area contributed by atoms with Crippen LogP contribution < -0.4 is 5.73 Å². The third-order valence-corrected chi connectivity index (χ3v) is 2.21. The van der Waals surface area contributed by atoms with E-state index in [0.717, 1.165) is 13.3 Å². The SMILES string of the molecule is CC(C)[C@H](N)C(=O)O.COC(=O)c1[nH]ncc1[N+](=O)[O-]. The molecule has 10 nitrogen and oxygen atoms in total. The van der Waals surface area contributed by atoms with Crippen LogP contribution in [0.15, 0.2) is 6.20 Å². The number of hydrogen-bond acceptors (Lipinski definition) is 7. The number of nitro groups is 1. The molecule has 0 fully saturated rings. The monoisotopic (exact) mass is 288 g/mol. The second-order valence-electron chi connectivity index (χ2n) is 3.99. The lowest BCUT2D eigenvalue weighted by Crippen LogP contribution is -2.34. The van der Waals surface area contributed by atoms with Crippen LogP contribution in [0.2, 0.25) is 0 Å². The Hall–Kier alpha value is -2.49. The van der Waals surface area contributed by atoms with E-state index >= 15 is 0 Å². The van der Waals surface area contributed by atoms with Crippen molar-refractivity contribution in [1.82, 2.24) is 10.2 Å². The minimum Gasteiger partial charge on any atom is -0.480 e. The van der Waals surface area contributed by atoms with Gasteiger partial charge in [-0.05, 0) is 5.92 Å². The average molecular weight is 288 g/mol. The summed E-state index contributed by atoms with van der Waals surface area (Å²) in [4.78, 5) is 30.3. The third kappa shape index (κ3) is 5.02. The number of aromatic nitrogens is 2. The Morgan fingerprint density at radius 2 is 2.10 bits per heavy atom. The van der Waals surface area contributed by atoms with Crippen molar-refractivity contribution < 1.29 is 24.4 Å². The second kappa shape index (κ2) is 7.84. The molecule has 0 aromatic carbocycles.